The fourth-order valence-electron chi connectivity index (χ4n) is 0.965. The van der Waals surface area contributed by atoms with Crippen molar-refractivity contribution < 1.29 is 17.5 Å². The van der Waals surface area contributed by atoms with Crippen molar-refractivity contribution >= 4 is 19.7 Å². The van der Waals surface area contributed by atoms with Crippen LogP contribution in [0, 0.1) is 5.82 Å². The Hall–Kier alpha value is -0.810. The number of rotatable bonds is 3. The van der Waals surface area contributed by atoms with E-state index in [2.05, 4.69) is 0 Å². The van der Waals surface area contributed by atoms with Crippen molar-refractivity contribution in [3.63, 3.8) is 0 Å². The molecule has 3 nitrogen and oxygen atoms in total. The number of hydrogen-bond donors (Lipinski definition) is 0. The van der Waals surface area contributed by atoms with Crippen LogP contribution in [0.15, 0.2) is 23.1 Å². The lowest BCUT2D eigenvalue weighted by Gasteiger charge is -2.07. The second kappa shape index (κ2) is 4.14. The van der Waals surface area contributed by atoms with Crippen LogP contribution in [-0.4, -0.2) is 15.0 Å². The Labute approximate surface area is 85.9 Å². The number of ether oxygens (including phenoxy) is 1. The lowest BCUT2D eigenvalue weighted by Crippen LogP contribution is -2.01. The number of halogens is 2. The number of benzene rings is 1. The topological polar surface area (TPSA) is 43.4 Å². The molecule has 6 heteroatoms. The van der Waals surface area contributed by atoms with Gasteiger partial charge in [0.2, 0.25) is 0 Å². The summed E-state index contributed by atoms with van der Waals surface area (Å²) in [5.41, 5.74) is 0. The van der Waals surface area contributed by atoms with Gasteiger partial charge in [-0.3, -0.25) is 0 Å². The van der Waals surface area contributed by atoms with Crippen LogP contribution < -0.4 is 4.74 Å². The van der Waals surface area contributed by atoms with Gasteiger partial charge in [-0.2, -0.15) is 0 Å². The average molecular weight is 239 g/mol. The molecule has 0 fully saturated rings. The Bertz CT molecular complexity index is 430. The van der Waals surface area contributed by atoms with Crippen molar-refractivity contribution in [1.29, 1.82) is 0 Å². The molecule has 1 aromatic rings. The molecule has 1 aromatic carbocycles. The molecule has 0 unspecified atom stereocenters. The zero-order valence-corrected chi connectivity index (χ0v) is 8.90. The van der Waals surface area contributed by atoms with Gasteiger partial charge >= 0.3 is 0 Å². The molecule has 0 aliphatic heterocycles. The molecular weight excluding hydrogens is 231 g/mol. The number of para-hydroxylation sites is 1. The van der Waals surface area contributed by atoms with Crippen molar-refractivity contribution in [3.8, 4) is 5.75 Å². The molecule has 0 bridgehead atoms. The van der Waals surface area contributed by atoms with Crippen LogP contribution in [0.1, 0.15) is 6.92 Å². The highest BCUT2D eigenvalue weighted by molar-refractivity contribution is 8.13. The van der Waals surface area contributed by atoms with Crippen molar-refractivity contribution in [1.82, 2.24) is 0 Å². The van der Waals surface area contributed by atoms with E-state index in [0.29, 0.717) is 0 Å². The van der Waals surface area contributed by atoms with E-state index in [9.17, 15) is 12.8 Å². The third-order valence-electron chi connectivity index (χ3n) is 1.48. The van der Waals surface area contributed by atoms with Crippen molar-refractivity contribution in [2.45, 2.75) is 11.8 Å². The van der Waals surface area contributed by atoms with Gasteiger partial charge in [0.05, 0.1) is 6.61 Å². The van der Waals surface area contributed by atoms with E-state index in [0.717, 1.165) is 6.07 Å². The van der Waals surface area contributed by atoms with Crippen molar-refractivity contribution in [3.05, 3.63) is 24.0 Å². The van der Waals surface area contributed by atoms with E-state index in [4.69, 9.17) is 15.4 Å². The van der Waals surface area contributed by atoms with E-state index in [1.54, 1.807) is 6.92 Å². The van der Waals surface area contributed by atoms with Gasteiger partial charge in [0.15, 0.2) is 11.6 Å². The van der Waals surface area contributed by atoms with Gasteiger partial charge in [-0.1, -0.05) is 6.07 Å². The SMILES string of the molecule is CCOc1c(F)cccc1S(=O)(=O)Cl. The van der Waals surface area contributed by atoms with Crippen molar-refractivity contribution in [2.24, 2.45) is 0 Å². The first-order chi connectivity index (χ1) is 6.46. The molecule has 14 heavy (non-hydrogen) atoms. The summed E-state index contributed by atoms with van der Waals surface area (Å²) in [7, 11) is 1.13. The summed E-state index contributed by atoms with van der Waals surface area (Å²) in [6.45, 7) is 1.79. The minimum atomic E-state index is -3.97. The molecule has 0 heterocycles. The van der Waals surface area contributed by atoms with E-state index < -0.39 is 14.9 Å². The standard InChI is InChI=1S/C8H8ClFO3S/c1-2-13-8-6(10)4-3-5-7(8)14(9,11)12/h3-5H,2H2,1H3. The molecule has 0 N–H and O–H groups in total. The zero-order chi connectivity index (χ0) is 10.8. The van der Waals surface area contributed by atoms with Gasteiger partial charge in [0.1, 0.15) is 4.90 Å². The van der Waals surface area contributed by atoms with Crippen LogP contribution in [-0.2, 0) is 9.05 Å². The maximum atomic E-state index is 13.1. The van der Waals surface area contributed by atoms with Crippen LogP contribution in [0.5, 0.6) is 5.75 Å². The second-order valence-electron chi connectivity index (χ2n) is 2.44. The van der Waals surface area contributed by atoms with Gasteiger partial charge in [-0.15, -0.1) is 0 Å². The van der Waals surface area contributed by atoms with Crippen LogP contribution >= 0.6 is 10.7 Å². The summed E-state index contributed by atoms with van der Waals surface area (Å²) in [6, 6.07) is 3.56. The molecule has 0 amide bonds. The smallest absolute Gasteiger partial charge is 0.265 e. The third kappa shape index (κ3) is 2.36. The second-order valence-corrected chi connectivity index (χ2v) is 4.97. The van der Waals surface area contributed by atoms with Crippen LogP contribution in [0.2, 0.25) is 0 Å². The molecular formula is C8H8ClFO3S. The van der Waals surface area contributed by atoms with Gasteiger partial charge in [-0.05, 0) is 19.1 Å². The molecule has 78 valence electrons. The van der Waals surface area contributed by atoms with Gasteiger partial charge < -0.3 is 4.74 Å². The minimum Gasteiger partial charge on any atom is -0.489 e. The third-order valence-corrected chi connectivity index (χ3v) is 2.83. The zero-order valence-electron chi connectivity index (χ0n) is 7.33. The fraction of sp³-hybridized carbons (Fsp3) is 0.250. The predicted octanol–water partition coefficient (Wildman–Crippen LogP) is 2.15. The normalized spacial score (nSPS) is 11.4. The monoisotopic (exact) mass is 238 g/mol. The Morgan fingerprint density at radius 3 is 2.64 bits per heavy atom. The lowest BCUT2D eigenvalue weighted by molar-refractivity contribution is 0.312. The van der Waals surface area contributed by atoms with E-state index >= 15 is 0 Å². The van der Waals surface area contributed by atoms with E-state index in [1.165, 1.54) is 12.1 Å². The Balaban J connectivity index is 3.36. The molecule has 0 saturated carbocycles. The average Bonchev–Trinajstić information content (AvgIpc) is 2.07. The predicted molar refractivity (Wildman–Crippen MR) is 50.6 cm³/mol. The highest BCUT2D eigenvalue weighted by Gasteiger charge is 2.19. The van der Waals surface area contributed by atoms with Gasteiger partial charge in [0.25, 0.3) is 9.05 Å². The largest absolute Gasteiger partial charge is 0.489 e. The first-order valence-electron chi connectivity index (χ1n) is 3.82. The summed E-state index contributed by atoms with van der Waals surface area (Å²) >= 11 is 0. The molecule has 0 aromatic heterocycles. The fourth-order valence-corrected chi connectivity index (χ4v) is 1.95. The maximum absolute atomic E-state index is 13.1. The van der Waals surface area contributed by atoms with Crippen LogP contribution in [0.25, 0.3) is 0 Å². The molecule has 0 spiro atoms. The summed E-state index contributed by atoms with van der Waals surface area (Å²) in [4.78, 5) is -0.346. The highest BCUT2D eigenvalue weighted by atomic mass is 35.7. The summed E-state index contributed by atoms with van der Waals surface area (Å²) < 4.78 is 40.0. The molecule has 0 atom stereocenters. The summed E-state index contributed by atoms with van der Waals surface area (Å²) in [6.07, 6.45) is 0. The molecule has 1 rings (SSSR count). The van der Waals surface area contributed by atoms with Gasteiger partial charge in [0, 0.05) is 10.7 Å². The maximum Gasteiger partial charge on any atom is 0.265 e. The molecule has 0 radical (unpaired) electrons. The molecule has 0 aliphatic carbocycles. The Morgan fingerprint density at radius 2 is 2.14 bits per heavy atom. The summed E-state index contributed by atoms with van der Waals surface area (Å²) in [5.74, 6) is -1.07. The number of hydrogen-bond acceptors (Lipinski definition) is 3. The first kappa shape index (κ1) is 11.3. The van der Waals surface area contributed by atoms with E-state index in [1.807, 2.05) is 0 Å². The first-order valence-corrected chi connectivity index (χ1v) is 6.13. The Morgan fingerprint density at radius 1 is 1.50 bits per heavy atom. The lowest BCUT2D eigenvalue weighted by atomic mass is 10.3. The highest BCUT2D eigenvalue weighted by Crippen LogP contribution is 2.29. The van der Waals surface area contributed by atoms with Crippen molar-refractivity contribution in [2.75, 3.05) is 6.61 Å². The van der Waals surface area contributed by atoms with Gasteiger partial charge in [-0.25, -0.2) is 12.8 Å². The van der Waals surface area contributed by atoms with Crippen LogP contribution in [0.4, 0.5) is 4.39 Å². The molecule has 0 aliphatic rings. The Kier molecular flexibility index (Phi) is 3.34. The van der Waals surface area contributed by atoms with Crippen LogP contribution in [0.3, 0.4) is 0 Å². The molecule has 0 saturated heterocycles. The quantitative estimate of drug-likeness (QED) is 0.758. The minimum absolute atomic E-state index is 0.167. The van der Waals surface area contributed by atoms with E-state index in [-0.39, 0.29) is 17.3 Å². The summed E-state index contributed by atoms with van der Waals surface area (Å²) in [5, 5.41) is 0.